The minimum atomic E-state index is -0.755. The summed E-state index contributed by atoms with van der Waals surface area (Å²) in [6.07, 6.45) is 1.77. The van der Waals surface area contributed by atoms with Crippen molar-refractivity contribution in [1.29, 1.82) is 0 Å². The molecular formula is C18H26N2O4. The number of rotatable bonds is 5. The standard InChI is InChI=1S/C18H26N2O4/c1-11-7-12(2)9-14(8-11)16(21)10-19-18(24)20-15-5-3-13(4-6-15)17(22)23/h7-9,13,15-16,21H,3-6,10H2,1-2H3,(H,22,23)(H2,19,20,24). The molecule has 132 valence electrons. The van der Waals surface area contributed by atoms with Gasteiger partial charge in [0, 0.05) is 12.6 Å². The van der Waals surface area contributed by atoms with Crippen molar-refractivity contribution in [2.45, 2.75) is 51.7 Å². The molecule has 1 aromatic rings. The predicted molar refractivity (Wildman–Crippen MR) is 90.8 cm³/mol. The number of hydrogen-bond acceptors (Lipinski definition) is 3. The molecule has 1 aromatic carbocycles. The second-order valence-electron chi connectivity index (χ2n) is 6.68. The van der Waals surface area contributed by atoms with Crippen LogP contribution in [0.2, 0.25) is 0 Å². The fraction of sp³-hybridized carbons (Fsp3) is 0.556. The zero-order valence-electron chi connectivity index (χ0n) is 14.2. The summed E-state index contributed by atoms with van der Waals surface area (Å²) in [7, 11) is 0. The molecule has 0 aliphatic heterocycles. The van der Waals surface area contributed by atoms with E-state index in [1.807, 2.05) is 32.0 Å². The molecular weight excluding hydrogens is 308 g/mol. The van der Waals surface area contributed by atoms with Crippen LogP contribution in [0.15, 0.2) is 18.2 Å². The molecule has 1 aliphatic rings. The lowest BCUT2D eigenvalue weighted by atomic mass is 9.86. The van der Waals surface area contributed by atoms with Gasteiger partial charge in [0.2, 0.25) is 0 Å². The highest BCUT2D eigenvalue weighted by Gasteiger charge is 2.26. The van der Waals surface area contributed by atoms with Crippen LogP contribution in [0.3, 0.4) is 0 Å². The van der Waals surface area contributed by atoms with Crippen LogP contribution in [-0.2, 0) is 4.79 Å². The maximum Gasteiger partial charge on any atom is 0.315 e. The summed E-state index contributed by atoms with van der Waals surface area (Å²) >= 11 is 0. The number of aryl methyl sites for hydroxylation is 2. The average Bonchev–Trinajstić information content (AvgIpc) is 2.52. The van der Waals surface area contributed by atoms with Gasteiger partial charge in [0.25, 0.3) is 0 Å². The van der Waals surface area contributed by atoms with E-state index in [4.69, 9.17) is 5.11 Å². The number of carbonyl (C=O) groups is 2. The van der Waals surface area contributed by atoms with Gasteiger partial charge in [-0.2, -0.15) is 0 Å². The molecule has 0 spiro atoms. The molecule has 2 rings (SSSR count). The van der Waals surface area contributed by atoms with Crippen LogP contribution >= 0.6 is 0 Å². The zero-order valence-corrected chi connectivity index (χ0v) is 14.2. The molecule has 0 bridgehead atoms. The van der Waals surface area contributed by atoms with Crippen LogP contribution in [0, 0.1) is 19.8 Å². The molecule has 24 heavy (non-hydrogen) atoms. The molecule has 0 radical (unpaired) electrons. The van der Waals surface area contributed by atoms with E-state index < -0.39 is 12.1 Å². The Balaban J connectivity index is 1.76. The van der Waals surface area contributed by atoms with Crippen LogP contribution in [0.4, 0.5) is 4.79 Å². The Morgan fingerprint density at radius 1 is 1.12 bits per heavy atom. The smallest absolute Gasteiger partial charge is 0.315 e. The SMILES string of the molecule is Cc1cc(C)cc(C(O)CNC(=O)NC2CCC(C(=O)O)CC2)c1. The van der Waals surface area contributed by atoms with E-state index in [2.05, 4.69) is 10.6 Å². The van der Waals surface area contributed by atoms with Crippen molar-refractivity contribution in [2.75, 3.05) is 6.54 Å². The Hall–Kier alpha value is -2.08. The van der Waals surface area contributed by atoms with Gasteiger partial charge in [-0.1, -0.05) is 29.3 Å². The Kier molecular flexibility index (Phi) is 6.20. The van der Waals surface area contributed by atoms with E-state index in [1.165, 1.54) is 0 Å². The van der Waals surface area contributed by atoms with Gasteiger partial charge in [-0.3, -0.25) is 4.79 Å². The van der Waals surface area contributed by atoms with Crippen molar-refractivity contribution in [2.24, 2.45) is 5.92 Å². The molecule has 1 atom stereocenters. The minimum absolute atomic E-state index is 0.000966. The molecule has 1 saturated carbocycles. The summed E-state index contributed by atoms with van der Waals surface area (Å²) in [5.74, 6) is -1.05. The number of hydrogen-bond donors (Lipinski definition) is 4. The maximum absolute atomic E-state index is 11.9. The zero-order chi connectivity index (χ0) is 17.7. The number of carboxylic acid groups (broad SMARTS) is 1. The van der Waals surface area contributed by atoms with E-state index in [0.717, 1.165) is 16.7 Å². The Morgan fingerprint density at radius 2 is 1.71 bits per heavy atom. The molecule has 6 nitrogen and oxygen atoms in total. The first-order chi connectivity index (χ1) is 11.3. The van der Waals surface area contributed by atoms with Gasteiger partial charge in [-0.15, -0.1) is 0 Å². The highest BCUT2D eigenvalue weighted by molar-refractivity contribution is 5.74. The molecule has 0 heterocycles. The largest absolute Gasteiger partial charge is 0.481 e. The number of aliphatic hydroxyl groups excluding tert-OH is 1. The van der Waals surface area contributed by atoms with Crippen LogP contribution in [0.1, 0.15) is 48.5 Å². The molecule has 0 saturated heterocycles. The molecule has 0 aromatic heterocycles. The van der Waals surface area contributed by atoms with Gasteiger partial charge in [0.1, 0.15) is 0 Å². The second kappa shape index (κ2) is 8.15. The first-order valence-corrected chi connectivity index (χ1v) is 8.38. The predicted octanol–water partition coefficient (Wildman–Crippen LogP) is 2.28. The van der Waals surface area contributed by atoms with Gasteiger partial charge < -0.3 is 20.8 Å². The van der Waals surface area contributed by atoms with E-state index in [0.29, 0.717) is 25.7 Å². The van der Waals surface area contributed by atoms with Crippen LogP contribution in [0.25, 0.3) is 0 Å². The summed E-state index contributed by atoms with van der Waals surface area (Å²) in [6, 6.07) is 5.52. The molecule has 1 aliphatic carbocycles. The molecule has 1 fully saturated rings. The highest BCUT2D eigenvalue weighted by Crippen LogP contribution is 2.24. The van der Waals surface area contributed by atoms with Crippen LogP contribution in [-0.4, -0.2) is 34.8 Å². The molecule has 4 N–H and O–H groups in total. The number of carbonyl (C=O) groups excluding carboxylic acids is 1. The van der Waals surface area contributed by atoms with E-state index in [-0.39, 0.29) is 24.5 Å². The lowest BCUT2D eigenvalue weighted by molar-refractivity contribution is -0.142. The van der Waals surface area contributed by atoms with Gasteiger partial charge in [-0.05, 0) is 45.1 Å². The van der Waals surface area contributed by atoms with E-state index in [1.54, 1.807) is 0 Å². The number of aliphatic hydroxyl groups is 1. The Labute approximate surface area is 142 Å². The second-order valence-corrected chi connectivity index (χ2v) is 6.68. The fourth-order valence-corrected chi connectivity index (χ4v) is 3.23. The van der Waals surface area contributed by atoms with Gasteiger partial charge in [0.05, 0.1) is 12.0 Å². The Morgan fingerprint density at radius 3 is 2.25 bits per heavy atom. The van der Waals surface area contributed by atoms with Crippen LogP contribution in [0.5, 0.6) is 0 Å². The average molecular weight is 334 g/mol. The first kappa shape index (κ1) is 18.3. The molecule has 1 unspecified atom stereocenters. The molecule has 6 heteroatoms. The number of amides is 2. The normalized spacial score (nSPS) is 21.8. The number of carboxylic acids is 1. The quantitative estimate of drug-likeness (QED) is 0.664. The summed E-state index contributed by atoms with van der Waals surface area (Å²) in [5, 5.41) is 24.7. The summed E-state index contributed by atoms with van der Waals surface area (Å²) < 4.78 is 0. The number of aliphatic carboxylic acids is 1. The fourth-order valence-electron chi connectivity index (χ4n) is 3.23. The summed E-state index contributed by atoms with van der Waals surface area (Å²) in [5.41, 5.74) is 2.93. The lowest BCUT2D eigenvalue weighted by Gasteiger charge is -2.27. The van der Waals surface area contributed by atoms with Gasteiger partial charge in [0.15, 0.2) is 0 Å². The van der Waals surface area contributed by atoms with Crippen molar-refractivity contribution < 1.29 is 19.8 Å². The van der Waals surface area contributed by atoms with Crippen molar-refractivity contribution in [1.82, 2.24) is 10.6 Å². The number of urea groups is 1. The number of nitrogens with one attached hydrogen (secondary N) is 2. The highest BCUT2D eigenvalue weighted by atomic mass is 16.4. The first-order valence-electron chi connectivity index (χ1n) is 8.38. The minimum Gasteiger partial charge on any atom is -0.481 e. The third-order valence-electron chi connectivity index (χ3n) is 4.50. The van der Waals surface area contributed by atoms with Gasteiger partial charge >= 0.3 is 12.0 Å². The Bertz CT molecular complexity index is 574. The van der Waals surface area contributed by atoms with E-state index >= 15 is 0 Å². The number of benzene rings is 1. The summed E-state index contributed by atoms with van der Waals surface area (Å²) in [4.78, 5) is 22.9. The van der Waals surface area contributed by atoms with E-state index in [9.17, 15) is 14.7 Å². The monoisotopic (exact) mass is 334 g/mol. The lowest BCUT2D eigenvalue weighted by Crippen LogP contribution is -2.45. The summed E-state index contributed by atoms with van der Waals surface area (Å²) in [6.45, 7) is 4.08. The van der Waals surface area contributed by atoms with Crippen LogP contribution < -0.4 is 10.6 Å². The van der Waals surface area contributed by atoms with Crippen molar-refractivity contribution in [3.8, 4) is 0 Å². The maximum atomic E-state index is 11.9. The third-order valence-corrected chi connectivity index (χ3v) is 4.50. The van der Waals surface area contributed by atoms with Gasteiger partial charge in [-0.25, -0.2) is 4.79 Å². The van der Waals surface area contributed by atoms with Crippen molar-refractivity contribution >= 4 is 12.0 Å². The van der Waals surface area contributed by atoms with Crippen molar-refractivity contribution in [3.63, 3.8) is 0 Å². The van der Waals surface area contributed by atoms with Crippen molar-refractivity contribution in [3.05, 3.63) is 34.9 Å². The topological polar surface area (TPSA) is 98.7 Å². The molecule has 2 amide bonds. The third kappa shape index (κ3) is 5.23.